The third-order valence-corrected chi connectivity index (χ3v) is 4.18. The summed E-state index contributed by atoms with van der Waals surface area (Å²) in [6.07, 6.45) is 1.91. The lowest BCUT2D eigenvalue weighted by Crippen LogP contribution is -2.39. The Bertz CT molecular complexity index is 259. The Morgan fingerprint density at radius 1 is 0.818 bits per heavy atom. The fraction of sp³-hybridized carbons (Fsp3) is 1.00. The highest BCUT2D eigenvalue weighted by molar-refractivity contribution is 9.09. The molecule has 22 heavy (non-hydrogen) atoms. The van der Waals surface area contributed by atoms with Crippen LogP contribution < -0.4 is 0 Å². The molecule has 0 radical (unpaired) electrons. The quantitative estimate of drug-likeness (QED) is 0.757. The van der Waals surface area contributed by atoms with E-state index in [4.69, 9.17) is 24.1 Å². The molecule has 2 aliphatic heterocycles. The van der Waals surface area contributed by atoms with Crippen molar-refractivity contribution in [1.29, 1.82) is 0 Å². The number of aliphatic hydroxyl groups excluding tert-OH is 1. The molecule has 2 fully saturated rings. The molecule has 5 nitrogen and oxygen atoms in total. The van der Waals surface area contributed by atoms with Gasteiger partial charge in [-0.25, -0.2) is 0 Å². The van der Waals surface area contributed by atoms with Gasteiger partial charge in [0.05, 0.1) is 26.4 Å². The number of aliphatic hydroxyl groups is 1. The summed E-state index contributed by atoms with van der Waals surface area (Å²) in [7, 11) is 0. The number of hydrogen-bond acceptors (Lipinski definition) is 5. The van der Waals surface area contributed by atoms with Gasteiger partial charge in [-0.2, -0.15) is 0 Å². The molecule has 0 atom stereocenters. The minimum absolute atomic E-state index is 0.220. The number of alkyl halides is 1. The summed E-state index contributed by atoms with van der Waals surface area (Å²) in [5.74, 6) is 0.157. The normalized spacial score (nSPS) is 25.4. The number of hydrogen-bond donors (Lipinski definition) is 1. The lowest BCUT2D eigenvalue weighted by Gasteiger charge is -2.34. The maximum atomic E-state index is 8.64. The van der Waals surface area contributed by atoms with Crippen molar-refractivity contribution < 1.29 is 24.1 Å². The zero-order chi connectivity index (χ0) is 16.6. The Hall–Kier alpha value is 0.280. The van der Waals surface area contributed by atoms with Crippen LogP contribution in [0.3, 0.4) is 0 Å². The zero-order valence-corrected chi connectivity index (χ0v) is 15.9. The largest absolute Gasteiger partial charge is 0.396 e. The second-order valence-electron chi connectivity index (χ2n) is 6.77. The molecule has 0 unspecified atom stereocenters. The molecule has 0 aromatic rings. The van der Waals surface area contributed by atoms with E-state index in [1.165, 1.54) is 0 Å². The molecular weight excluding hydrogens is 352 g/mol. The lowest BCUT2D eigenvalue weighted by atomic mass is 10.1. The first-order chi connectivity index (χ1) is 10.3. The van der Waals surface area contributed by atoms with Crippen LogP contribution in [-0.4, -0.2) is 55.0 Å². The fourth-order valence-electron chi connectivity index (χ4n) is 2.12. The molecule has 0 amide bonds. The molecule has 2 saturated heterocycles. The lowest BCUT2D eigenvalue weighted by molar-refractivity contribution is -0.263. The molecule has 2 rings (SSSR count). The van der Waals surface area contributed by atoms with Gasteiger partial charge in [-0.1, -0.05) is 15.9 Å². The van der Waals surface area contributed by atoms with Crippen molar-refractivity contribution in [2.24, 2.45) is 11.8 Å². The maximum Gasteiger partial charge on any atom is 0.162 e. The van der Waals surface area contributed by atoms with Crippen molar-refractivity contribution in [2.75, 3.05) is 38.4 Å². The van der Waals surface area contributed by atoms with Gasteiger partial charge in [-0.3, -0.25) is 0 Å². The van der Waals surface area contributed by atoms with E-state index in [1.54, 1.807) is 0 Å². The van der Waals surface area contributed by atoms with Gasteiger partial charge >= 0.3 is 0 Å². The summed E-state index contributed by atoms with van der Waals surface area (Å²) >= 11 is 3.40. The van der Waals surface area contributed by atoms with E-state index < -0.39 is 5.79 Å². The summed E-state index contributed by atoms with van der Waals surface area (Å²) in [6, 6.07) is 0. The highest BCUT2D eigenvalue weighted by Crippen LogP contribution is 2.23. The average molecular weight is 383 g/mol. The van der Waals surface area contributed by atoms with Crippen LogP contribution in [-0.2, 0) is 18.9 Å². The third kappa shape index (κ3) is 8.22. The van der Waals surface area contributed by atoms with Crippen LogP contribution in [0.15, 0.2) is 0 Å². The summed E-state index contributed by atoms with van der Waals surface area (Å²) in [6.45, 7) is 11.0. The van der Waals surface area contributed by atoms with Gasteiger partial charge in [0.25, 0.3) is 0 Å². The van der Waals surface area contributed by atoms with Gasteiger partial charge < -0.3 is 24.1 Å². The Morgan fingerprint density at radius 2 is 1.18 bits per heavy atom. The van der Waals surface area contributed by atoms with E-state index >= 15 is 0 Å². The number of ether oxygens (including phenoxy) is 4. The maximum absolute atomic E-state index is 8.64. The predicted molar refractivity (Wildman–Crippen MR) is 89.1 cm³/mol. The summed E-state index contributed by atoms with van der Waals surface area (Å²) < 4.78 is 21.8. The minimum Gasteiger partial charge on any atom is -0.396 e. The van der Waals surface area contributed by atoms with Gasteiger partial charge in [0.1, 0.15) is 0 Å². The van der Waals surface area contributed by atoms with Crippen LogP contribution in [0.2, 0.25) is 0 Å². The van der Waals surface area contributed by atoms with Crippen LogP contribution in [0.5, 0.6) is 0 Å². The highest BCUT2D eigenvalue weighted by atomic mass is 79.9. The molecule has 2 aliphatic rings. The van der Waals surface area contributed by atoms with Crippen LogP contribution >= 0.6 is 15.9 Å². The van der Waals surface area contributed by atoms with E-state index in [0.29, 0.717) is 25.0 Å². The molecule has 0 bridgehead atoms. The Labute approximate surface area is 142 Å². The smallest absolute Gasteiger partial charge is 0.162 e. The minimum atomic E-state index is -0.425. The molecule has 6 heteroatoms. The van der Waals surface area contributed by atoms with Gasteiger partial charge in [0.2, 0.25) is 0 Å². The van der Waals surface area contributed by atoms with Crippen molar-refractivity contribution in [1.82, 2.24) is 0 Å². The number of rotatable bonds is 4. The first kappa shape index (κ1) is 20.3. The van der Waals surface area contributed by atoms with Crippen LogP contribution in [0, 0.1) is 11.8 Å². The first-order valence-electron chi connectivity index (χ1n) is 8.00. The molecule has 0 aromatic heterocycles. The predicted octanol–water partition coefficient (Wildman–Crippen LogP) is 2.94. The molecule has 132 valence electrons. The van der Waals surface area contributed by atoms with Crippen molar-refractivity contribution in [2.45, 2.75) is 52.1 Å². The summed E-state index contributed by atoms with van der Waals surface area (Å²) in [5, 5.41) is 9.67. The van der Waals surface area contributed by atoms with Crippen molar-refractivity contribution in [3.8, 4) is 0 Å². The van der Waals surface area contributed by atoms with Gasteiger partial charge in [0, 0.05) is 23.8 Å². The molecule has 0 saturated carbocycles. The monoisotopic (exact) mass is 382 g/mol. The number of halogens is 1. The van der Waals surface area contributed by atoms with E-state index in [1.807, 2.05) is 27.7 Å². The first-order valence-corrected chi connectivity index (χ1v) is 9.13. The van der Waals surface area contributed by atoms with Crippen molar-refractivity contribution in [3.63, 3.8) is 0 Å². The molecule has 0 aliphatic carbocycles. The Kier molecular flexibility index (Phi) is 8.82. The third-order valence-electron chi connectivity index (χ3n) is 3.72. The van der Waals surface area contributed by atoms with Gasteiger partial charge in [-0.15, -0.1) is 0 Å². The fourth-order valence-corrected chi connectivity index (χ4v) is 2.77. The second-order valence-corrected chi connectivity index (χ2v) is 7.56. The van der Waals surface area contributed by atoms with Crippen molar-refractivity contribution in [3.05, 3.63) is 0 Å². The summed E-state index contributed by atoms with van der Waals surface area (Å²) in [4.78, 5) is 0. The van der Waals surface area contributed by atoms with E-state index in [2.05, 4.69) is 15.9 Å². The molecule has 2 heterocycles. The molecule has 0 aromatic carbocycles. The SMILES string of the molecule is CC1(C)OCC(CCBr)CO1.CC1(C)OCC(CCO)CO1. The summed E-state index contributed by atoms with van der Waals surface area (Å²) in [5.41, 5.74) is 0. The highest BCUT2D eigenvalue weighted by Gasteiger charge is 2.28. The standard InChI is InChI=1S/C8H15BrO2.C8H16O3/c2*1-8(2)10-5-7(3-4-9)6-11-8/h7H,3-6H2,1-2H3;7,9H,3-6H2,1-2H3. The second kappa shape index (κ2) is 9.55. The zero-order valence-electron chi connectivity index (χ0n) is 14.3. The Balaban J connectivity index is 0.000000220. The van der Waals surface area contributed by atoms with E-state index in [0.717, 1.165) is 31.4 Å². The topological polar surface area (TPSA) is 57.2 Å². The van der Waals surface area contributed by atoms with E-state index in [-0.39, 0.29) is 12.4 Å². The molecule has 1 N–H and O–H groups in total. The van der Waals surface area contributed by atoms with E-state index in [9.17, 15) is 0 Å². The molecule has 0 spiro atoms. The van der Waals surface area contributed by atoms with Crippen LogP contribution in [0.25, 0.3) is 0 Å². The van der Waals surface area contributed by atoms with Crippen LogP contribution in [0.1, 0.15) is 40.5 Å². The molecular formula is C16H31BrO5. The van der Waals surface area contributed by atoms with Gasteiger partial charge in [0.15, 0.2) is 11.6 Å². The average Bonchev–Trinajstić information content (AvgIpc) is 2.45. The Morgan fingerprint density at radius 3 is 1.50 bits per heavy atom. The van der Waals surface area contributed by atoms with Crippen molar-refractivity contribution >= 4 is 15.9 Å². The van der Waals surface area contributed by atoms with Crippen LogP contribution in [0.4, 0.5) is 0 Å². The van der Waals surface area contributed by atoms with Gasteiger partial charge in [-0.05, 0) is 40.5 Å².